The van der Waals surface area contributed by atoms with Crippen molar-refractivity contribution in [2.45, 2.75) is 6.92 Å². The van der Waals surface area contributed by atoms with E-state index in [9.17, 15) is 9.59 Å². The lowest BCUT2D eigenvalue weighted by Crippen LogP contribution is -2.32. The van der Waals surface area contributed by atoms with Crippen LogP contribution in [-0.4, -0.2) is 25.7 Å². The van der Waals surface area contributed by atoms with Crippen molar-refractivity contribution in [3.63, 3.8) is 0 Å². The molecule has 0 unspecified atom stereocenters. The molecule has 0 heterocycles. The van der Waals surface area contributed by atoms with E-state index in [0.29, 0.717) is 5.69 Å². The van der Waals surface area contributed by atoms with Gasteiger partial charge in [0.1, 0.15) is 6.54 Å². The third-order valence-electron chi connectivity index (χ3n) is 2.03. The number of amides is 2. The Morgan fingerprint density at radius 1 is 1.41 bits per heavy atom. The van der Waals surface area contributed by atoms with Gasteiger partial charge in [0.25, 0.3) is 0 Å². The summed E-state index contributed by atoms with van der Waals surface area (Å²) in [7, 11) is 1.24. The van der Waals surface area contributed by atoms with Gasteiger partial charge in [-0.25, -0.2) is 4.79 Å². The first-order valence-corrected chi connectivity index (χ1v) is 5.70. The van der Waals surface area contributed by atoms with Crippen molar-refractivity contribution >= 4 is 33.6 Å². The van der Waals surface area contributed by atoms with E-state index in [-0.39, 0.29) is 12.5 Å². The Labute approximate surface area is 108 Å². The number of carbonyl (C=O) groups excluding carboxylic acids is 2. The summed E-state index contributed by atoms with van der Waals surface area (Å²) in [6.07, 6.45) is -0.634. The fourth-order valence-electron chi connectivity index (χ4n) is 1.10. The zero-order valence-electron chi connectivity index (χ0n) is 9.54. The Morgan fingerprint density at radius 3 is 2.71 bits per heavy atom. The average Bonchev–Trinajstić information content (AvgIpc) is 2.31. The molecule has 0 radical (unpaired) electrons. The van der Waals surface area contributed by atoms with E-state index in [1.807, 2.05) is 13.0 Å². The summed E-state index contributed by atoms with van der Waals surface area (Å²) >= 11 is 3.37. The summed E-state index contributed by atoms with van der Waals surface area (Å²) in [5.74, 6) is -0.314. The minimum atomic E-state index is -0.634. The largest absolute Gasteiger partial charge is 0.453 e. The number of methoxy groups -OCH3 is 1. The summed E-state index contributed by atoms with van der Waals surface area (Å²) < 4.78 is 5.26. The number of anilines is 1. The van der Waals surface area contributed by atoms with E-state index in [1.54, 1.807) is 12.1 Å². The lowest BCUT2D eigenvalue weighted by Gasteiger charge is -2.07. The van der Waals surface area contributed by atoms with Crippen LogP contribution in [0, 0.1) is 6.92 Å². The van der Waals surface area contributed by atoms with Gasteiger partial charge in [-0.3, -0.25) is 4.79 Å². The van der Waals surface area contributed by atoms with Gasteiger partial charge in [-0.05, 0) is 24.6 Å². The quantitative estimate of drug-likeness (QED) is 0.898. The van der Waals surface area contributed by atoms with Gasteiger partial charge in [0.2, 0.25) is 5.91 Å². The molecule has 92 valence electrons. The number of carbonyl (C=O) groups is 2. The van der Waals surface area contributed by atoms with Crippen LogP contribution in [0.15, 0.2) is 22.7 Å². The molecule has 2 N–H and O–H groups in total. The fraction of sp³-hybridized carbons (Fsp3) is 0.273. The molecule has 6 heteroatoms. The number of hydrogen-bond donors (Lipinski definition) is 2. The van der Waals surface area contributed by atoms with Crippen LogP contribution in [0.4, 0.5) is 10.5 Å². The molecule has 0 spiro atoms. The highest BCUT2D eigenvalue weighted by Gasteiger charge is 2.05. The van der Waals surface area contributed by atoms with Gasteiger partial charge >= 0.3 is 6.09 Å². The molecule has 0 aliphatic rings. The fourth-order valence-corrected chi connectivity index (χ4v) is 1.48. The van der Waals surface area contributed by atoms with E-state index in [0.717, 1.165) is 10.0 Å². The summed E-state index contributed by atoms with van der Waals surface area (Å²) in [6.45, 7) is 1.83. The lowest BCUT2D eigenvalue weighted by molar-refractivity contribution is -0.115. The molecule has 0 aliphatic carbocycles. The maximum Gasteiger partial charge on any atom is 0.407 e. The molecular formula is C11H13BrN2O3. The minimum absolute atomic E-state index is 0.127. The Hall–Kier alpha value is -1.56. The SMILES string of the molecule is COC(=O)NCC(=O)Nc1ccc(C)c(Br)c1. The number of aryl methyl sites for hydroxylation is 1. The highest BCUT2D eigenvalue weighted by atomic mass is 79.9. The highest BCUT2D eigenvalue weighted by Crippen LogP contribution is 2.20. The first kappa shape index (κ1) is 13.5. The first-order valence-electron chi connectivity index (χ1n) is 4.90. The Bertz CT molecular complexity index is 435. The first-order chi connectivity index (χ1) is 8.02. The second kappa shape index (κ2) is 6.24. The molecule has 0 saturated heterocycles. The zero-order valence-corrected chi connectivity index (χ0v) is 11.1. The van der Waals surface area contributed by atoms with Crippen molar-refractivity contribution in [2.75, 3.05) is 19.0 Å². The molecule has 0 atom stereocenters. The predicted octanol–water partition coefficient (Wildman–Crippen LogP) is 2.05. The van der Waals surface area contributed by atoms with Crippen molar-refractivity contribution in [3.05, 3.63) is 28.2 Å². The van der Waals surface area contributed by atoms with Gasteiger partial charge in [-0.1, -0.05) is 22.0 Å². The topological polar surface area (TPSA) is 67.4 Å². The summed E-state index contributed by atoms with van der Waals surface area (Å²) in [5.41, 5.74) is 1.75. The predicted molar refractivity (Wildman–Crippen MR) is 67.9 cm³/mol. The Balaban J connectivity index is 2.50. The Kier molecular flexibility index (Phi) is 4.96. The molecule has 0 bridgehead atoms. The van der Waals surface area contributed by atoms with Gasteiger partial charge in [0, 0.05) is 10.2 Å². The number of benzene rings is 1. The maximum absolute atomic E-state index is 11.4. The number of alkyl carbamates (subject to hydrolysis) is 1. The van der Waals surface area contributed by atoms with Crippen LogP contribution in [0.3, 0.4) is 0 Å². The van der Waals surface area contributed by atoms with Gasteiger partial charge in [-0.2, -0.15) is 0 Å². The third-order valence-corrected chi connectivity index (χ3v) is 2.89. The molecule has 0 aromatic heterocycles. The third kappa shape index (κ3) is 4.44. The molecule has 5 nitrogen and oxygen atoms in total. The van der Waals surface area contributed by atoms with Crippen molar-refractivity contribution < 1.29 is 14.3 Å². The van der Waals surface area contributed by atoms with Crippen molar-refractivity contribution in [2.24, 2.45) is 0 Å². The minimum Gasteiger partial charge on any atom is -0.453 e. The van der Waals surface area contributed by atoms with Gasteiger partial charge in [0.05, 0.1) is 7.11 Å². The molecule has 1 aromatic carbocycles. The van der Waals surface area contributed by atoms with E-state index < -0.39 is 6.09 Å². The molecule has 0 fully saturated rings. The van der Waals surface area contributed by atoms with E-state index >= 15 is 0 Å². The van der Waals surface area contributed by atoms with Crippen molar-refractivity contribution in [1.29, 1.82) is 0 Å². The second-order valence-electron chi connectivity index (χ2n) is 3.36. The summed E-state index contributed by atoms with van der Waals surface area (Å²) in [6, 6.07) is 5.47. The molecule has 1 aromatic rings. The molecule has 2 amide bonds. The maximum atomic E-state index is 11.4. The summed E-state index contributed by atoms with van der Waals surface area (Å²) in [4.78, 5) is 22.2. The van der Waals surface area contributed by atoms with Gasteiger partial charge in [0.15, 0.2) is 0 Å². The van der Waals surface area contributed by atoms with Crippen LogP contribution in [0.2, 0.25) is 0 Å². The van der Waals surface area contributed by atoms with Crippen LogP contribution < -0.4 is 10.6 Å². The number of rotatable bonds is 3. The summed E-state index contributed by atoms with van der Waals surface area (Å²) in [5, 5.41) is 4.94. The average molecular weight is 301 g/mol. The molecule has 0 saturated carbocycles. The lowest BCUT2D eigenvalue weighted by atomic mass is 10.2. The van der Waals surface area contributed by atoms with Gasteiger partial charge in [-0.15, -0.1) is 0 Å². The smallest absolute Gasteiger partial charge is 0.407 e. The normalized spacial score (nSPS) is 9.59. The van der Waals surface area contributed by atoms with Crippen LogP contribution in [0.5, 0.6) is 0 Å². The zero-order chi connectivity index (χ0) is 12.8. The van der Waals surface area contributed by atoms with E-state index in [1.165, 1.54) is 7.11 Å². The molecular weight excluding hydrogens is 288 g/mol. The standard InChI is InChI=1S/C11H13BrN2O3/c1-7-3-4-8(5-9(7)12)14-10(15)6-13-11(16)17-2/h3-5H,6H2,1-2H3,(H,13,16)(H,14,15). The highest BCUT2D eigenvalue weighted by molar-refractivity contribution is 9.10. The monoisotopic (exact) mass is 300 g/mol. The number of nitrogens with one attached hydrogen (secondary N) is 2. The number of hydrogen-bond acceptors (Lipinski definition) is 3. The number of ether oxygens (including phenoxy) is 1. The van der Waals surface area contributed by atoms with E-state index in [4.69, 9.17) is 0 Å². The molecule has 17 heavy (non-hydrogen) atoms. The molecule has 0 aliphatic heterocycles. The van der Waals surface area contributed by atoms with Crippen molar-refractivity contribution in [3.8, 4) is 0 Å². The number of halogens is 1. The second-order valence-corrected chi connectivity index (χ2v) is 4.21. The van der Waals surface area contributed by atoms with Gasteiger partial charge < -0.3 is 15.4 Å². The molecule has 1 rings (SSSR count). The van der Waals surface area contributed by atoms with Crippen molar-refractivity contribution in [1.82, 2.24) is 5.32 Å². The van der Waals surface area contributed by atoms with Crippen LogP contribution in [-0.2, 0) is 9.53 Å². The van der Waals surface area contributed by atoms with Crippen LogP contribution in [0.1, 0.15) is 5.56 Å². The van der Waals surface area contributed by atoms with Crippen LogP contribution >= 0.6 is 15.9 Å². The Morgan fingerprint density at radius 2 is 2.12 bits per heavy atom. The van der Waals surface area contributed by atoms with Crippen LogP contribution in [0.25, 0.3) is 0 Å². The van der Waals surface area contributed by atoms with E-state index in [2.05, 4.69) is 31.3 Å².